The molecule has 0 saturated carbocycles. The molecule has 0 atom stereocenters. The predicted octanol–water partition coefficient (Wildman–Crippen LogP) is 2.47. The Balaban J connectivity index is 1.90. The number of likely N-dealkylation sites (tertiary alicyclic amines) is 1. The Kier molecular flexibility index (Phi) is 6.58. The lowest BCUT2D eigenvalue weighted by molar-refractivity contribution is -0.138. The molecule has 0 radical (unpaired) electrons. The second-order valence-electron chi connectivity index (χ2n) is 7.03. The van der Waals surface area contributed by atoms with Crippen molar-refractivity contribution in [3.8, 4) is 0 Å². The van der Waals surface area contributed by atoms with Gasteiger partial charge in [0.1, 0.15) is 0 Å². The quantitative estimate of drug-likeness (QED) is 0.750. The first-order valence-electron chi connectivity index (χ1n) is 9.16. The number of rotatable bonds is 8. The molecule has 0 spiro atoms. The maximum atomic E-state index is 12.6. The van der Waals surface area contributed by atoms with Gasteiger partial charge in [-0.2, -0.15) is 5.10 Å². The third kappa shape index (κ3) is 5.04. The molecule has 0 aliphatic carbocycles. The molecule has 1 saturated heterocycles. The van der Waals surface area contributed by atoms with E-state index in [0.29, 0.717) is 25.9 Å². The van der Waals surface area contributed by atoms with Crippen LogP contribution < -0.4 is 0 Å². The third-order valence-electron chi connectivity index (χ3n) is 4.95. The number of aromatic carboxylic acids is 1. The first-order valence-corrected chi connectivity index (χ1v) is 9.16. The zero-order valence-corrected chi connectivity index (χ0v) is 15.1. The van der Waals surface area contributed by atoms with Crippen LogP contribution in [0.4, 0.5) is 0 Å². The van der Waals surface area contributed by atoms with E-state index in [1.54, 1.807) is 10.9 Å². The van der Waals surface area contributed by atoms with Gasteiger partial charge in [0.05, 0.1) is 29.8 Å². The highest BCUT2D eigenvalue weighted by Gasteiger charge is 2.32. The van der Waals surface area contributed by atoms with Gasteiger partial charge in [0.15, 0.2) is 0 Å². The van der Waals surface area contributed by atoms with Gasteiger partial charge in [-0.05, 0) is 25.7 Å². The number of aliphatic hydroxyl groups is 1. The summed E-state index contributed by atoms with van der Waals surface area (Å²) < 4.78 is 1.69. The predicted molar refractivity (Wildman–Crippen MR) is 93.4 cm³/mol. The van der Waals surface area contributed by atoms with Gasteiger partial charge in [0.25, 0.3) is 0 Å². The summed E-state index contributed by atoms with van der Waals surface area (Å²) in [6.07, 6.45) is 7.58. The summed E-state index contributed by atoms with van der Waals surface area (Å²) in [4.78, 5) is 25.3. The Bertz CT molecular complexity index is 585. The van der Waals surface area contributed by atoms with E-state index in [1.165, 1.54) is 6.20 Å². The van der Waals surface area contributed by atoms with Gasteiger partial charge in [-0.1, -0.05) is 26.7 Å². The molecule has 1 aliphatic heterocycles. The molecule has 1 aromatic rings. The van der Waals surface area contributed by atoms with Crippen LogP contribution in [0.15, 0.2) is 12.4 Å². The minimum absolute atomic E-state index is 0.00883. The Morgan fingerprint density at radius 2 is 1.84 bits per heavy atom. The molecule has 2 heterocycles. The molecule has 140 valence electrons. The zero-order valence-electron chi connectivity index (χ0n) is 15.1. The Morgan fingerprint density at radius 3 is 2.32 bits per heavy atom. The first kappa shape index (κ1) is 19.4. The van der Waals surface area contributed by atoms with Crippen molar-refractivity contribution in [1.29, 1.82) is 0 Å². The number of carbonyl (C=O) groups is 2. The lowest BCUT2D eigenvalue weighted by atomic mass is 9.88. The van der Waals surface area contributed by atoms with Crippen molar-refractivity contribution in [3.05, 3.63) is 18.0 Å². The molecule has 0 bridgehead atoms. The van der Waals surface area contributed by atoms with Crippen molar-refractivity contribution in [2.45, 2.75) is 70.4 Å². The van der Waals surface area contributed by atoms with Crippen molar-refractivity contribution < 1.29 is 19.8 Å². The maximum Gasteiger partial charge on any atom is 0.338 e. The number of aromatic nitrogens is 2. The van der Waals surface area contributed by atoms with Crippen LogP contribution in [0, 0.1) is 0 Å². The summed E-state index contributed by atoms with van der Waals surface area (Å²) in [6, 6.07) is 0.113. The number of carbonyl (C=O) groups excluding carboxylic acids is 1. The van der Waals surface area contributed by atoms with E-state index < -0.39 is 11.6 Å². The monoisotopic (exact) mass is 351 g/mol. The van der Waals surface area contributed by atoms with E-state index in [2.05, 4.69) is 5.10 Å². The van der Waals surface area contributed by atoms with Crippen LogP contribution in [0.1, 0.15) is 75.2 Å². The molecule has 7 nitrogen and oxygen atoms in total. The molecule has 2 N–H and O–H groups in total. The van der Waals surface area contributed by atoms with Gasteiger partial charge in [0.2, 0.25) is 5.91 Å². The molecular weight excluding hydrogens is 322 g/mol. The van der Waals surface area contributed by atoms with E-state index in [-0.39, 0.29) is 23.9 Å². The van der Waals surface area contributed by atoms with Crippen LogP contribution in [0.25, 0.3) is 0 Å². The summed E-state index contributed by atoms with van der Waals surface area (Å²) in [7, 11) is 0. The summed E-state index contributed by atoms with van der Waals surface area (Å²) in [5.41, 5.74) is -0.710. The Morgan fingerprint density at radius 1 is 1.24 bits per heavy atom. The van der Waals surface area contributed by atoms with E-state index in [1.807, 2.05) is 18.7 Å². The molecule has 0 aromatic carbocycles. The smallest absolute Gasteiger partial charge is 0.338 e. The normalized spacial score (nSPS) is 16.2. The molecule has 1 amide bonds. The van der Waals surface area contributed by atoms with Crippen molar-refractivity contribution in [2.75, 3.05) is 13.1 Å². The largest absolute Gasteiger partial charge is 0.478 e. The standard InChI is InChI=1S/C18H29N3O4/c1-3-7-18(25,8-4-2)11-16(22)20-9-5-15(6-10-20)21-13-14(12-19-21)17(23)24/h12-13,15,25H,3-11H2,1-2H3,(H,23,24). The van der Waals surface area contributed by atoms with Crippen LogP contribution in [0.3, 0.4) is 0 Å². The van der Waals surface area contributed by atoms with Gasteiger partial charge < -0.3 is 15.1 Å². The molecule has 25 heavy (non-hydrogen) atoms. The number of amides is 1. The fraction of sp³-hybridized carbons (Fsp3) is 0.722. The topological polar surface area (TPSA) is 95.7 Å². The zero-order chi connectivity index (χ0) is 18.4. The minimum atomic E-state index is -0.981. The Labute approximate surface area is 148 Å². The summed E-state index contributed by atoms with van der Waals surface area (Å²) in [5.74, 6) is -0.973. The molecule has 2 rings (SSSR count). The van der Waals surface area contributed by atoms with E-state index in [4.69, 9.17) is 5.11 Å². The lowest BCUT2D eigenvalue weighted by Gasteiger charge is -2.35. The number of piperidine rings is 1. The van der Waals surface area contributed by atoms with E-state index in [0.717, 1.165) is 25.7 Å². The maximum absolute atomic E-state index is 12.6. The second kappa shape index (κ2) is 8.47. The van der Waals surface area contributed by atoms with Crippen LogP contribution in [-0.4, -0.2) is 55.5 Å². The third-order valence-corrected chi connectivity index (χ3v) is 4.95. The molecule has 1 fully saturated rings. The lowest BCUT2D eigenvalue weighted by Crippen LogP contribution is -2.43. The Hall–Kier alpha value is -1.89. The SMILES string of the molecule is CCCC(O)(CCC)CC(=O)N1CCC(n2cc(C(=O)O)cn2)CC1. The fourth-order valence-electron chi connectivity index (χ4n) is 3.65. The number of nitrogens with zero attached hydrogens (tertiary/aromatic N) is 3. The van der Waals surface area contributed by atoms with Crippen LogP contribution in [0.5, 0.6) is 0 Å². The highest BCUT2D eigenvalue weighted by Crippen LogP contribution is 2.27. The van der Waals surface area contributed by atoms with Crippen LogP contribution in [0.2, 0.25) is 0 Å². The van der Waals surface area contributed by atoms with Gasteiger partial charge >= 0.3 is 5.97 Å². The molecule has 1 aliphatic rings. The van der Waals surface area contributed by atoms with Crippen LogP contribution >= 0.6 is 0 Å². The second-order valence-corrected chi connectivity index (χ2v) is 7.03. The summed E-state index contributed by atoms with van der Waals surface area (Å²) in [5, 5.41) is 23.8. The highest BCUT2D eigenvalue weighted by atomic mass is 16.4. The molecule has 1 aromatic heterocycles. The number of carboxylic acids is 1. The molecular formula is C18H29N3O4. The van der Waals surface area contributed by atoms with E-state index >= 15 is 0 Å². The number of hydrogen-bond acceptors (Lipinski definition) is 4. The summed E-state index contributed by atoms with van der Waals surface area (Å²) >= 11 is 0. The van der Waals surface area contributed by atoms with Gasteiger partial charge in [0, 0.05) is 19.3 Å². The average molecular weight is 351 g/mol. The van der Waals surface area contributed by atoms with Gasteiger partial charge in [-0.3, -0.25) is 9.48 Å². The number of carboxylic acid groups (broad SMARTS) is 1. The van der Waals surface area contributed by atoms with Crippen molar-refractivity contribution in [1.82, 2.24) is 14.7 Å². The number of hydrogen-bond donors (Lipinski definition) is 2. The average Bonchev–Trinajstić information content (AvgIpc) is 3.05. The van der Waals surface area contributed by atoms with Gasteiger partial charge in [-0.25, -0.2) is 4.79 Å². The highest BCUT2D eigenvalue weighted by molar-refractivity contribution is 5.86. The summed E-state index contributed by atoms with van der Waals surface area (Å²) in [6.45, 7) is 5.26. The molecule has 0 unspecified atom stereocenters. The van der Waals surface area contributed by atoms with Crippen molar-refractivity contribution in [3.63, 3.8) is 0 Å². The molecule has 7 heteroatoms. The van der Waals surface area contributed by atoms with Crippen LogP contribution in [-0.2, 0) is 4.79 Å². The fourth-order valence-corrected chi connectivity index (χ4v) is 3.65. The minimum Gasteiger partial charge on any atom is -0.478 e. The van der Waals surface area contributed by atoms with Crippen molar-refractivity contribution >= 4 is 11.9 Å². The van der Waals surface area contributed by atoms with Gasteiger partial charge in [-0.15, -0.1) is 0 Å². The first-order chi connectivity index (χ1) is 11.9. The van der Waals surface area contributed by atoms with Crippen molar-refractivity contribution in [2.24, 2.45) is 0 Å². The van der Waals surface area contributed by atoms with E-state index in [9.17, 15) is 14.7 Å².